The monoisotopic (exact) mass is 883 g/mol. The maximum atomic E-state index is 12.3. The highest BCUT2D eigenvalue weighted by molar-refractivity contribution is 5.86. The molecule has 0 radical (unpaired) electrons. The summed E-state index contributed by atoms with van der Waals surface area (Å²) in [4.78, 5) is 12.3. The minimum absolute atomic E-state index is 0.256. The Balaban J connectivity index is 1.24. The zero-order valence-corrected chi connectivity index (χ0v) is 41.9. The number of esters is 1. The van der Waals surface area contributed by atoms with Gasteiger partial charge in [-0.15, -0.1) is 0 Å². The van der Waals surface area contributed by atoms with Gasteiger partial charge in [-0.25, -0.2) is 4.79 Å². The number of carbonyl (C=O) groups excluding carboxylic acids is 1. The first-order chi connectivity index (χ1) is 30.3. The van der Waals surface area contributed by atoms with Gasteiger partial charge in [0.2, 0.25) is 0 Å². The molecule has 1 unspecified atom stereocenters. The molecule has 1 atom stereocenters. The van der Waals surface area contributed by atoms with Crippen LogP contribution in [0.4, 0.5) is 0 Å². The minimum Gasteiger partial charge on any atom is -0.488 e. The summed E-state index contributed by atoms with van der Waals surface area (Å²) in [5.41, 5.74) is 6.03. The molecule has 2 aromatic heterocycles. The highest BCUT2D eigenvalue weighted by Gasteiger charge is 2.48. The molecule has 0 N–H and O–H groups in total. The van der Waals surface area contributed by atoms with Crippen molar-refractivity contribution in [3.05, 3.63) is 120 Å². The Morgan fingerprint density at radius 1 is 0.615 bits per heavy atom. The van der Waals surface area contributed by atoms with Crippen LogP contribution >= 0.6 is 0 Å². The molecule has 2 heterocycles. The molecule has 6 aromatic rings. The number of aryl methyl sites for hydroxylation is 4. The van der Waals surface area contributed by atoms with Crippen molar-refractivity contribution >= 4 is 27.9 Å². The molecule has 0 bridgehead atoms. The predicted octanol–water partition coefficient (Wildman–Crippen LogP) is 15.8. The second-order valence-electron chi connectivity index (χ2n) is 21.6. The van der Waals surface area contributed by atoms with Crippen LogP contribution < -0.4 is 9.47 Å². The normalized spacial score (nSPS) is 13.4. The fourth-order valence-electron chi connectivity index (χ4n) is 10.8. The Bertz CT molecular complexity index is 2470. The lowest BCUT2D eigenvalue weighted by Crippen LogP contribution is -2.52. The van der Waals surface area contributed by atoms with E-state index in [0.717, 1.165) is 68.9 Å². The largest absolute Gasteiger partial charge is 0.488 e. The molecule has 348 valence electrons. The lowest BCUT2D eigenvalue weighted by atomic mass is 9.64. The molecule has 7 heteroatoms. The van der Waals surface area contributed by atoms with Crippen LogP contribution in [0.15, 0.2) is 106 Å². The number of rotatable bonds is 20. The molecule has 0 fully saturated rings. The molecule has 7 nitrogen and oxygen atoms in total. The van der Waals surface area contributed by atoms with Crippen LogP contribution in [0.5, 0.6) is 11.5 Å². The number of benzene rings is 4. The second kappa shape index (κ2) is 18.9. The van der Waals surface area contributed by atoms with Gasteiger partial charge in [-0.2, -0.15) is 0 Å². The standard InChI is InChI=1S/C58H74O7/c1-17-40-28-37(4)20-26-46(40)50-30-42-22-24-44(32-48(42)61-50)63-57(13,14)35-54(7,8)53(60-39(6)34-56(11,12)65-52(59)19-3)55(9,10)36-58(15,16)64-45-25-23-43-31-51(62-49(43)33-45)47-27-21-38(5)29-41(47)18-2/h19-33,39,53H,3,17-18,34-36H2,1-2,4-16H3. The van der Waals surface area contributed by atoms with E-state index in [1.165, 1.54) is 28.3 Å². The quantitative estimate of drug-likeness (QED) is 0.0558. The van der Waals surface area contributed by atoms with Gasteiger partial charge >= 0.3 is 5.97 Å². The molecule has 0 saturated carbocycles. The molecule has 0 aliphatic carbocycles. The zero-order chi connectivity index (χ0) is 47.7. The molecule has 6 rings (SSSR count). The van der Waals surface area contributed by atoms with Crippen molar-refractivity contribution in [2.45, 2.75) is 165 Å². The van der Waals surface area contributed by atoms with Crippen LogP contribution in [-0.2, 0) is 27.1 Å². The predicted molar refractivity (Wildman–Crippen MR) is 267 cm³/mol. The third-order valence-corrected chi connectivity index (χ3v) is 12.5. The Hall–Kier alpha value is -5.27. The van der Waals surface area contributed by atoms with Gasteiger partial charge in [0.1, 0.15) is 51.0 Å². The second-order valence-corrected chi connectivity index (χ2v) is 21.6. The Morgan fingerprint density at radius 2 is 1.05 bits per heavy atom. The van der Waals surface area contributed by atoms with Gasteiger partial charge in [0.05, 0.1) is 12.2 Å². The maximum Gasteiger partial charge on any atom is 0.330 e. The highest BCUT2D eigenvalue weighted by atomic mass is 16.6. The van der Waals surface area contributed by atoms with Crippen LogP contribution in [0.1, 0.15) is 132 Å². The van der Waals surface area contributed by atoms with E-state index in [2.05, 4.69) is 157 Å². The van der Waals surface area contributed by atoms with Crippen LogP contribution in [0, 0.1) is 24.7 Å². The SMILES string of the molecule is C=CC(=O)OC(C)(C)CC(C)OC(C(C)(C)CC(C)(C)Oc1ccc2cc(-c3ccc(C)cc3CC)oc2c1)C(C)(C)CC(C)(C)Oc1ccc2cc(-c3ccc(C)cc3CC)oc2c1. The first-order valence-corrected chi connectivity index (χ1v) is 23.5. The lowest BCUT2D eigenvalue weighted by molar-refractivity contribution is -0.172. The molecule has 4 aromatic carbocycles. The topological polar surface area (TPSA) is 80.3 Å². The van der Waals surface area contributed by atoms with Gasteiger partial charge in [-0.3, -0.25) is 0 Å². The van der Waals surface area contributed by atoms with Crippen molar-refractivity contribution in [1.82, 2.24) is 0 Å². The fraction of sp³-hybridized carbons (Fsp3) is 0.466. The fourth-order valence-corrected chi connectivity index (χ4v) is 10.8. The molecule has 0 aliphatic rings. The van der Waals surface area contributed by atoms with Gasteiger partial charge in [-0.1, -0.05) is 95.6 Å². The van der Waals surface area contributed by atoms with Crippen molar-refractivity contribution in [3.8, 4) is 34.1 Å². The van der Waals surface area contributed by atoms with Crippen LogP contribution in [-0.4, -0.2) is 35.0 Å². The van der Waals surface area contributed by atoms with E-state index in [9.17, 15) is 4.79 Å². The third kappa shape index (κ3) is 12.1. The third-order valence-electron chi connectivity index (χ3n) is 12.5. The Labute approximate surface area is 388 Å². The van der Waals surface area contributed by atoms with Gasteiger partial charge in [0, 0.05) is 46.5 Å². The van der Waals surface area contributed by atoms with Crippen molar-refractivity contribution in [1.29, 1.82) is 0 Å². The Kier molecular flexibility index (Phi) is 14.3. The van der Waals surface area contributed by atoms with E-state index in [0.29, 0.717) is 19.3 Å². The summed E-state index contributed by atoms with van der Waals surface area (Å²) < 4.78 is 39.7. The number of hydrogen-bond acceptors (Lipinski definition) is 7. The molecule has 0 aliphatic heterocycles. The summed E-state index contributed by atoms with van der Waals surface area (Å²) in [7, 11) is 0. The molecule has 0 saturated heterocycles. The summed E-state index contributed by atoms with van der Waals surface area (Å²) in [6.45, 7) is 35.7. The maximum absolute atomic E-state index is 12.3. The minimum atomic E-state index is -0.766. The Morgan fingerprint density at radius 3 is 1.45 bits per heavy atom. The average molecular weight is 883 g/mol. The van der Waals surface area contributed by atoms with Gasteiger partial charge < -0.3 is 27.8 Å². The summed E-state index contributed by atoms with van der Waals surface area (Å²) >= 11 is 0. The van der Waals surface area contributed by atoms with Crippen LogP contribution in [0.25, 0.3) is 44.6 Å². The van der Waals surface area contributed by atoms with E-state index in [4.69, 9.17) is 27.8 Å². The van der Waals surface area contributed by atoms with Crippen molar-refractivity contribution in [2.24, 2.45) is 10.8 Å². The molecule has 65 heavy (non-hydrogen) atoms. The highest BCUT2D eigenvalue weighted by Crippen LogP contribution is 2.48. The zero-order valence-electron chi connectivity index (χ0n) is 41.9. The van der Waals surface area contributed by atoms with Crippen molar-refractivity contribution in [2.75, 3.05) is 0 Å². The number of carbonyl (C=O) groups is 1. The number of furan rings is 2. The number of hydrogen-bond donors (Lipinski definition) is 0. The van der Waals surface area contributed by atoms with E-state index in [1.807, 2.05) is 38.1 Å². The van der Waals surface area contributed by atoms with Gasteiger partial charge in [0.15, 0.2) is 0 Å². The molecule has 0 spiro atoms. The molecular formula is C58H74O7. The molecule has 0 amide bonds. The van der Waals surface area contributed by atoms with Gasteiger partial charge in [0.25, 0.3) is 0 Å². The number of fused-ring (bicyclic) bond motifs is 2. The number of ether oxygens (including phenoxy) is 4. The summed E-state index contributed by atoms with van der Waals surface area (Å²) in [6, 6.07) is 29.5. The van der Waals surface area contributed by atoms with E-state index >= 15 is 0 Å². The molecular weight excluding hydrogens is 809 g/mol. The first kappa shape index (κ1) is 49.2. The van der Waals surface area contributed by atoms with E-state index < -0.39 is 33.6 Å². The summed E-state index contributed by atoms with van der Waals surface area (Å²) in [6.07, 6.45) is 4.35. The summed E-state index contributed by atoms with van der Waals surface area (Å²) in [5.74, 6) is 2.76. The summed E-state index contributed by atoms with van der Waals surface area (Å²) in [5, 5.41) is 2.07. The van der Waals surface area contributed by atoms with E-state index in [1.54, 1.807) is 0 Å². The first-order valence-electron chi connectivity index (χ1n) is 23.5. The van der Waals surface area contributed by atoms with E-state index in [-0.39, 0.29) is 12.2 Å². The van der Waals surface area contributed by atoms with Crippen LogP contribution in [0.3, 0.4) is 0 Å². The lowest BCUT2D eigenvalue weighted by Gasteiger charge is -2.50. The smallest absolute Gasteiger partial charge is 0.330 e. The van der Waals surface area contributed by atoms with Crippen LogP contribution in [0.2, 0.25) is 0 Å². The average Bonchev–Trinajstić information content (AvgIpc) is 3.82. The van der Waals surface area contributed by atoms with Crippen molar-refractivity contribution < 1.29 is 32.6 Å². The van der Waals surface area contributed by atoms with Crippen molar-refractivity contribution in [3.63, 3.8) is 0 Å². The van der Waals surface area contributed by atoms with Gasteiger partial charge in [-0.05, 0) is 146 Å².